The molecule has 0 saturated carbocycles. The molecule has 100 valence electrons. The summed E-state index contributed by atoms with van der Waals surface area (Å²) in [5, 5.41) is 0. The van der Waals surface area contributed by atoms with Crippen molar-refractivity contribution in [1.29, 1.82) is 0 Å². The molecule has 18 heavy (non-hydrogen) atoms. The van der Waals surface area contributed by atoms with Crippen LogP contribution in [0.1, 0.15) is 32.8 Å². The Kier molecular flexibility index (Phi) is 5.60. The van der Waals surface area contributed by atoms with Crippen molar-refractivity contribution < 1.29 is 0 Å². The van der Waals surface area contributed by atoms with Crippen molar-refractivity contribution in [2.24, 2.45) is 11.7 Å². The zero-order valence-corrected chi connectivity index (χ0v) is 13.8. The van der Waals surface area contributed by atoms with E-state index in [9.17, 15) is 0 Å². The molecule has 0 aromatic heterocycles. The highest BCUT2D eigenvalue weighted by Crippen LogP contribution is 2.26. The van der Waals surface area contributed by atoms with Gasteiger partial charge >= 0.3 is 0 Å². The smallest absolute Gasteiger partial charge is 0.105 e. The third-order valence-corrected chi connectivity index (χ3v) is 3.98. The standard InChI is InChI=1S/C14H21BrN2S/c1-9(2)7-10(3)17(4)11-5-6-12(14(16)18)13(15)8-11/h5-6,8-10H,7H2,1-4H3,(H2,16,18). The van der Waals surface area contributed by atoms with E-state index >= 15 is 0 Å². The summed E-state index contributed by atoms with van der Waals surface area (Å²) in [4.78, 5) is 2.71. The van der Waals surface area contributed by atoms with Crippen LogP contribution >= 0.6 is 28.1 Å². The molecule has 0 aliphatic carbocycles. The second-order valence-electron chi connectivity index (χ2n) is 5.12. The van der Waals surface area contributed by atoms with Gasteiger partial charge in [-0.1, -0.05) is 26.1 Å². The maximum atomic E-state index is 5.65. The number of anilines is 1. The summed E-state index contributed by atoms with van der Waals surface area (Å²) in [6.07, 6.45) is 1.17. The topological polar surface area (TPSA) is 29.3 Å². The van der Waals surface area contributed by atoms with E-state index < -0.39 is 0 Å². The van der Waals surface area contributed by atoms with Gasteiger partial charge in [-0.25, -0.2) is 0 Å². The highest BCUT2D eigenvalue weighted by Gasteiger charge is 2.13. The molecule has 0 fully saturated rings. The quantitative estimate of drug-likeness (QED) is 0.829. The first-order chi connectivity index (χ1) is 8.32. The van der Waals surface area contributed by atoms with Gasteiger partial charge in [0.25, 0.3) is 0 Å². The minimum atomic E-state index is 0.423. The van der Waals surface area contributed by atoms with Gasteiger partial charge in [0, 0.05) is 28.8 Å². The lowest BCUT2D eigenvalue weighted by molar-refractivity contribution is 0.504. The molecule has 4 heteroatoms. The lowest BCUT2D eigenvalue weighted by Crippen LogP contribution is -2.30. The highest BCUT2D eigenvalue weighted by molar-refractivity contribution is 9.10. The Labute approximate surface area is 124 Å². The average Bonchev–Trinajstić information content (AvgIpc) is 2.26. The van der Waals surface area contributed by atoms with Crippen LogP contribution in [-0.4, -0.2) is 18.1 Å². The van der Waals surface area contributed by atoms with E-state index in [1.165, 1.54) is 12.1 Å². The Bertz CT molecular complexity index is 432. The average molecular weight is 329 g/mol. The molecule has 0 aliphatic heterocycles. The SMILES string of the molecule is CC(C)CC(C)N(C)c1ccc(C(N)=S)c(Br)c1. The fraction of sp³-hybridized carbons (Fsp3) is 0.500. The van der Waals surface area contributed by atoms with Gasteiger partial charge in [-0.2, -0.15) is 0 Å². The van der Waals surface area contributed by atoms with Crippen molar-refractivity contribution in [3.63, 3.8) is 0 Å². The Balaban J connectivity index is 2.90. The summed E-state index contributed by atoms with van der Waals surface area (Å²) in [6, 6.07) is 6.62. The largest absolute Gasteiger partial charge is 0.389 e. The van der Waals surface area contributed by atoms with Crippen molar-refractivity contribution in [2.45, 2.75) is 33.2 Å². The molecular weight excluding hydrogens is 308 g/mol. The van der Waals surface area contributed by atoms with Crippen molar-refractivity contribution in [3.8, 4) is 0 Å². The van der Waals surface area contributed by atoms with Gasteiger partial charge in [0.2, 0.25) is 0 Å². The fourth-order valence-corrected chi connectivity index (χ4v) is 2.91. The molecule has 0 amide bonds. The predicted octanol–water partition coefficient (Wildman–Crippen LogP) is 3.95. The van der Waals surface area contributed by atoms with Crippen molar-refractivity contribution >= 4 is 38.8 Å². The Morgan fingerprint density at radius 1 is 1.39 bits per heavy atom. The lowest BCUT2D eigenvalue weighted by Gasteiger charge is -2.28. The van der Waals surface area contributed by atoms with Crippen LogP contribution in [-0.2, 0) is 0 Å². The monoisotopic (exact) mass is 328 g/mol. The van der Waals surface area contributed by atoms with E-state index in [2.05, 4.69) is 60.8 Å². The molecule has 0 aliphatic rings. The first kappa shape index (κ1) is 15.4. The molecule has 1 aromatic carbocycles. The molecule has 0 spiro atoms. The predicted molar refractivity (Wildman–Crippen MR) is 87.3 cm³/mol. The van der Waals surface area contributed by atoms with E-state index in [1.54, 1.807) is 0 Å². The van der Waals surface area contributed by atoms with Crippen LogP contribution in [0.3, 0.4) is 0 Å². The maximum absolute atomic E-state index is 5.65. The fourth-order valence-electron chi connectivity index (χ4n) is 2.02. The Morgan fingerprint density at radius 3 is 2.44 bits per heavy atom. The summed E-state index contributed by atoms with van der Waals surface area (Å²) in [7, 11) is 2.12. The highest BCUT2D eigenvalue weighted by atomic mass is 79.9. The normalized spacial score (nSPS) is 12.6. The minimum Gasteiger partial charge on any atom is -0.389 e. The van der Waals surface area contributed by atoms with Crippen LogP contribution < -0.4 is 10.6 Å². The van der Waals surface area contributed by atoms with E-state index in [4.69, 9.17) is 18.0 Å². The first-order valence-electron chi connectivity index (χ1n) is 6.15. The van der Waals surface area contributed by atoms with E-state index in [0.29, 0.717) is 16.9 Å². The molecule has 1 rings (SSSR count). The van der Waals surface area contributed by atoms with Crippen LogP contribution in [0.25, 0.3) is 0 Å². The minimum absolute atomic E-state index is 0.423. The summed E-state index contributed by atoms with van der Waals surface area (Å²) in [5.41, 5.74) is 7.72. The van der Waals surface area contributed by atoms with Crippen LogP contribution in [0, 0.1) is 5.92 Å². The van der Waals surface area contributed by atoms with Crippen molar-refractivity contribution in [1.82, 2.24) is 0 Å². The molecule has 2 N–H and O–H groups in total. The summed E-state index contributed by atoms with van der Waals surface area (Å²) >= 11 is 8.52. The molecule has 0 radical (unpaired) electrons. The van der Waals surface area contributed by atoms with Crippen LogP contribution in [0.15, 0.2) is 22.7 Å². The third kappa shape index (κ3) is 3.95. The molecule has 1 aromatic rings. The molecule has 1 atom stereocenters. The van der Waals surface area contributed by atoms with Gasteiger partial charge in [0.1, 0.15) is 4.99 Å². The first-order valence-corrected chi connectivity index (χ1v) is 7.35. The summed E-state index contributed by atoms with van der Waals surface area (Å²) < 4.78 is 0.955. The van der Waals surface area contributed by atoms with Gasteiger partial charge in [-0.3, -0.25) is 0 Å². The van der Waals surface area contributed by atoms with Gasteiger partial charge in [0.05, 0.1) is 0 Å². The van der Waals surface area contributed by atoms with Crippen molar-refractivity contribution in [3.05, 3.63) is 28.2 Å². The van der Waals surface area contributed by atoms with Crippen LogP contribution in [0.5, 0.6) is 0 Å². The van der Waals surface area contributed by atoms with E-state index in [0.717, 1.165) is 10.0 Å². The molecular formula is C14H21BrN2S. The number of hydrogen-bond donors (Lipinski definition) is 1. The number of rotatable bonds is 5. The van der Waals surface area contributed by atoms with E-state index in [-0.39, 0.29) is 0 Å². The number of halogens is 1. The number of benzene rings is 1. The Hall–Kier alpha value is -0.610. The zero-order valence-electron chi connectivity index (χ0n) is 11.4. The molecule has 0 heterocycles. The second kappa shape index (κ2) is 6.53. The van der Waals surface area contributed by atoms with Gasteiger partial charge in [-0.15, -0.1) is 0 Å². The zero-order chi connectivity index (χ0) is 13.9. The van der Waals surface area contributed by atoms with Crippen LogP contribution in [0.2, 0.25) is 0 Å². The summed E-state index contributed by atoms with van der Waals surface area (Å²) in [6.45, 7) is 6.74. The second-order valence-corrected chi connectivity index (χ2v) is 6.41. The molecule has 2 nitrogen and oxygen atoms in total. The van der Waals surface area contributed by atoms with Gasteiger partial charge in [0.15, 0.2) is 0 Å². The molecule has 1 unspecified atom stereocenters. The third-order valence-electron chi connectivity index (χ3n) is 3.10. The molecule has 0 bridgehead atoms. The van der Waals surface area contributed by atoms with Gasteiger partial charge < -0.3 is 10.6 Å². The number of nitrogens with zero attached hydrogens (tertiary/aromatic N) is 1. The van der Waals surface area contributed by atoms with Gasteiger partial charge in [-0.05, 0) is 53.4 Å². The number of hydrogen-bond acceptors (Lipinski definition) is 2. The maximum Gasteiger partial charge on any atom is 0.105 e. The van der Waals surface area contributed by atoms with Crippen LogP contribution in [0.4, 0.5) is 5.69 Å². The van der Waals surface area contributed by atoms with Crippen molar-refractivity contribution in [2.75, 3.05) is 11.9 Å². The number of nitrogens with two attached hydrogens (primary N) is 1. The number of thiocarbonyl (C=S) groups is 1. The Morgan fingerprint density at radius 2 is 2.00 bits per heavy atom. The van der Waals surface area contributed by atoms with E-state index in [1.807, 2.05) is 6.07 Å². The lowest BCUT2D eigenvalue weighted by atomic mass is 10.0. The summed E-state index contributed by atoms with van der Waals surface area (Å²) in [5.74, 6) is 0.696. The molecule has 0 saturated heterocycles.